The Morgan fingerprint density at radius 3 is 0.762 bits per heavy atom. The van der Waals surface area contributed by atoms with Crippen molar-refractivity contribution in [2.45, 2.75) is 107 Å². The van der Waals surface area contributed by atoms with Crippen LogP contribution in [0.25, 0.3) is 0 Å². The van der Waals surface area contributed by atoms with Crippen molar-refractivity contribution in [1.29, 1.82) is 0 Å². The summed E-state index contributed by atoms with van der Waals surface area (Å²) in [5.74, 6) is 2.84. The van der Waals surface area contributed by atoms with Gasteiger partial charge in [0.05, 0.1) is 0 Å². The summed E-state index contributed by atoms with van der Waals surface area (Å²) >= 11 is -3.56. The van der Waals surface area contributed by atoms with Crippen LogP contribution in [0.4, 0.5) is 0 Å². The maximum absolute atomic E-state index is 2.58. The Hall–Kier alpha value is 1.05. The van der Waals surface area contributed by atoms with E-state index in [4.69, 9.17) is 0 Å². The fourth-order valence-corrected chi connectivity index (χ4v) is 60.1. The van der Waals surface area contributed by atoms with E-state index in [9.17, 15) is 0 Å². The van der Waals surface area contributed by atoms with E-state index in [1.54, 1.807) is 22.3 Å². The second-order valence-corrected chi connectivity index (χ2v) is 61.3. The molecule has 0 spiro atoms. The fourth-order valence-electron chi connectivity index (χ4n) is 6.81. The van der Waals surface area contributed by atoms with Crippen molar-refractivity contribution < 1.29 is 40.1 Å². The molecular formula is C36H58Br2Hf2Si2. The van der Waals surface area contributed by atoms with Crippen LogP contribution >= 0.6 is 34.0 Å². The zero-order valence-corrected chi connectivity index (χ0v) is 41.2. The van der Waals surface area contributed by atoms with Gasteiger partial charge in [-0.25, -0.2) is 0 Å². The van der Waals surface area contributed by atoms with Crippen molar-refractivity contribution in [2.24, 2.45) is 23.7 Å². The summed E-state index contributed by atoms with van der Waals surface area (Å²) in [6.45, 7) is 29.3. The molecule has 4 rings (SSSR count). The quantitative estimate of drug-likeness (QED) is 0.213. The third-order valence-electron chi connectivity index (χ3n) is 8.57. The van der Waals surface area contributed by atoms with Crippen LogP contribution in [0.15, 0.2) is 84.2 Å². The fraction of sp³-hybridized carbons (Fsp3) is 0.556. The topological polar surface area (TPSA) is 0 Å². The number of hydrogen-bond donors (Lipinski definition) is 0. The van der Waals surface area contributed by atoms with Gasteiger partial charge in [0.25, 0.3) is 0 Å². The van der Waals surface area contributed by atoms with Crippen LogP contribution in [0.3, 0.4) is 0 Å². The van der Waals surface area contributed by atoms with Crippen LogP contribution < -0.4 is 0 Å². The van der Waals surface area contributed by atoms with Crippen LogP contribution in [0, 0.1) is 23.7 Å². The van der Waals surface area contributed by atoms with Gasteiger partial charge in [-0.3, -0.25) is 0 Å². The molecule has 0 heterocycles. The van der Waals surface area contributed by atoms with E-state index in [-0.39, 0.29) is 45.0 Å². The normalized spacial score (nSPS) is 17.3. The molecule has 0 radical (unpaired) electrons. The molecule has 0 fully saturated rings. The average Bonchev–Trinajstić information content (AvgIpc) is 3.66. The van der Waals surface area contributed by atoms with Gasteiger partial charge in [0, 0.05) is 0 Å². The predicted octanol–water partition coefficient (Wildman–Crippen LogP) is 12.3. The Morgan fingerprint density at radius 1 is 0.429 bits per heavy atom. The van der Waals surface area contributed by atoms with Crippen LogP contribution in [-0.4, -0.2) is 11.0 Å². The molecule has 0 saturated heterocycles. The Morgan fingerprint density at radius 2 is 0.619 bits per heavy atom. The van der Waals surface area contributed by atoms with E-state index >= 15 is 0 Å². The molecule has 0 nitrogen and oxygen atoms in total. The van der Waals surface area contributed by atoms with Gasteiger partial charge < -0.3 is 0 Å². The van der Waals surface area contributed by atoms with Gasteiger partial charge in [-0.15, -0.1) is 34.0 Å². The van der Waals surface area contributed by atoms with E-state index in [0.717, 1.165) is 0 Å². The summed E-state index contributed by atoms with van der Waals surface area (Å²) in [6, 6.07) is 0. The van der Waals surface area contributed by atoms with Crippen molar-refractivity contribution in [1.82, 2.24) is 0 Å². The molecule has 0 aliphatic heterocycles. The number of hydrogen-bond acceptors (Lipinski definition) is 0. The van der Waals surface area contributed by atoms with E-state index in [0.29, 0.717) is 23.7 Å². The molecular weight excluding hydrogens is 1010 g/mol. The van der Waals surface area contributed by atoms with E-state index in [1.807, 2.05) is 13.3 Å². The first-order valence-corrected chi connectivity index (χ1v) is 38.8. The summed E-state index contributed by atoms with van der Waals surface area (Å²) in [5, 5.41) is 0. The van der Waals surface area contributed by atoms with Crippen molar-refractivity contribution in [3.05, 3.63) is 84.2 Å². The molecule has 0 saturated carbocycles. The molecule has 0 N–H and O–H groups in total. The van der Waals surface area contributed by atoms with Gasteiger partial charge in [0.2, 0.25) is 0 Å². The number of allylic oxidation sites excluding steroid dienone is 16. The first-order chi connectivity index (χ1) is 18.9. The summed E-state index contributed by atoms with van der Waals surface area (Å²) in [7, 11) is 0. The first-order valence-electron chi connectivity index (χ1n) is 15.8. The third kappa shape index (κ3) is 10.0. The molecule has 0 aromatic carbocycles. The van der Waals surface area contributed by atoms with Crippen LogP contribution in [0.2, 0.25) is 26.2 Å². The van der Waals surface area contributed by atoms with E-state index < -0.39 is 40.1 Å². The molecule has 0 unspecified atom stereocenters. The van der Waals surface area contributed by atoms with E-state index in [1.165, 1.54) is 25.7 Å². The molecule has 0 aromatic heterocycles. The number of rotatable bonds is 8. The molecule has 42 heavy (non-hydrogen) atoms. The Labute approximate surface area is 296 Å². The van der Waals surface area contributed by atoms with Gasteiger partial charge in [-0.05, 0) is 0 Å². The summed E-state index contributed by atoms with van der Waals surface area (Å²) in [6.07, 6.45) is 24.6. The second-order valence-electron chi connectivity index (χ2n) is 13.5. The van der Waals surface area contributed by atoms with Crippen molar-refractivity contribution in [2.75, 3.05) is 0 Å². The second kappa shape index (κ2) is 19.0. The summed E-state index contributed by atoms with van der Waals surface area (Å²) in [4.78, 5) is 0. The van der Waals surface area contributed by atoms with Crippen LogP contribution in [0.5, 0.6) is 0 Å². The third-order valence-corrected chi connectivity index (χ3v) is 57.8. The predicted molar refractivity (Wildman–Crippen MR) is 198 cm³/mol. The standard InChI is InChI=1S/4C8H11.2C2H6Si.2BrH.2Hf/c4*1-7(2)8-5-3-4-6-8;2*1-3-2;;;;/h4*3,5,7H,4H2,1-2H3;2*1-2H3;2*1H;;. The molecule has 0 atom stereocenters. The van der Waals surface area contributed by atoms with Gasteiger partial charge in [-0.2, -0.15) is 0 Å². The Bertz CT molecular complexity index is 1130. The van der Waals surface area contributed by atoms with Crippen molar-refractivity contribution >= 4 is 45.0 Å². The Balaban J connectivity index is 0.000000401. The van der Waals surface area contributed by atoms with Gasteiger partial charge in [0.1, 0.15) is 0 Å². The molecule has 6 heteroatoms. The molecule has 0 bridgehead atoms. The Kier molecular flexibility index (Phi) is 18.6. The van der Waals surface area contributed by atoms with Gasteiger partial charge >= 0.3 is 266 Å². The van der Waals surface area contributed by atoms with Crippen molar-refractivity contribution in [3.63, 3.8) is 0 Å². The van der Waals surface area contributed by atoms with Crippen LogP contribution in [0.1, 0.15) is 81.1 Å². The van der Waals surface area contributed by atoms with Gasteiger partial charge in [-0.1, -0.05) is 0 Å². The minimum absolute atomic E-state index is 0. The maximum atomic E-state index is 2.58. The van der Waals surface area contributed by atoms with Gasteiger partial charge in [0.15, 0.2) is 0 Å². The molecule has 4 aliphatic rings. The zero-order valence-electron chi connectivity index (χ0n) is 28.6. The molecule has 0 aromatic rings. The zero-order chi connectivity index (χ0) is 29.7. The van der Waals surface area contributed by atoms with E-state index in [2.05, 4.69) is 130 Å². The monoisotopic (exact) mass is 1060 g/mol. The minimum atomic E-state index is -1.78. The number of halogens is 2. The molecule has 0 amide bonds. The molecule has 4 aliphatic carbocycles. The molecule has 232 valence electrons. The summed E-state index contributed by atoms with van der Waals surface area (Å²) < 4.78 is 7.78. The van der Waals surface area contributed by atoms with Crippen LogP contribution in [-0.2, 0) is 40.1 Å². The SMILES string of the molecule is Br.Br.CC(C)C1=[C]([Hf]([C]2=C(C(C)C)C=CC2)=[Si](C)C)CC=C1.CC(C)C1=[C]([Hf]([C]2=C(C(C)C)C=CC2)=[Si](C)C)CC=C1. The van der Waals surface area contributed by atoms with Crippen molar-refractivity contribution in [3.8, 4) is 0 Å². The first kappa shape index (κ1) is 41.1. The summed E-state index contributed by atoms with van der Waals surface area (Å²) in [5.41, 5.74) is 6.53. The average molecular weight is 1060 g/mol.